The van der Waals surface area contributed by atoms with Gasteiger partial charge in [0.1, 0.15) is 11.9 Å². The van der Waals surface area contributed by atoms with Crippen LogP contribution in [0.1, 0.15) is 18.1 Å². The average Bonchev–Trinajstić information content (AvgIpc) is 3.23. The van der Waals surface area contributed by atoms with E-state index < -0.39 is 24.4 Å². The number of halogens is 3. The molecule has 2 atom stereocenters. The summed E-state index contributed by atoms with van der Waals surface area (Å²) in [6, 6.07) is 9.79. The van der Waals surface area contributed by atoms with Crippen molar-refractivity contribution >= 4 is 17.7 Å². The third kappa shape index (κ3) is 4.36. The number of hydrogen-bond donors (Lipinski definition) is 2. The first kappa shape index (κ1) is 21.2. The Kier molecular flexibility index (Phi) is 5.86. The number of cyclic esters (lactones) is 1. The Balaban J connectivity index is 1.52. The van der Waals surface area contributed by atoms with Crippen molar-refractivity contribution in [3.63, 3.8) is 0 Å². The summed E-state index contributed by atoms with van der Waals surface area (Å²) in [6.45, 7) is 1.50. The van der Waals surface area contributed by atoms with Crippen molar-refractivity contribution < 1.29 is 27.5 Å². The van der Waals surface area contributed by atoms with Gasteiger partial charge in [0.2, 0.25) is 5.91 Å². The Hall–Kier alpha value is -3.07. The summed E-state index contributed by atoms with van der Waals surface area (Å²) in [5.74, 6) is -0.688. The van der Waals surface area contributed by atoms with Crippen molar-refractivity contribution in [3.05, 3.63) is 53.3 Å². The van der Waals surface area contributed by atoms with Crippen LogP contribution in [0.5, 0.6) is 0 Å². The Labute approximate surface area is 177 Å². The van der Waals surface area contributed by atoms with E-state index in [9.17, 15) is 22.8 Å². The SMILES string of the molecule is CC(=O)NC[C@@H]1OC(=O)N2c3cc(F)c(-c4ccc(CNCC(F)F)cc4)cc3C[C@@H]12. The van der Waals surface area contributed by atoms with E-state index in [0.717, 1.165) is 11.1 Å². The summed E-state index contributed by atoms with van der Waals surface area (Å²) in [5, 5.41) is 5.31. The molecule has 0 unspecified atom stereocenters. The molecular formula is C22H22F3N3O3. The van der Waals surface area contributed by atoms with Gasteiger partial charge >= 0.3 is 6.09 Å². The highest BCUT2D eigenvalue weighted by molar-refractivity contribution is 5.94. The Morgan fingerprint density at radius 2 is 2.00 bits per heavy atom. The molecule has 2 amide bonds. The second kappa shape index (κ2) is 8.58. The van der Waals surface area contributed by atoms with Crippen molar-refractivity contribution in [2.24, 2.45) is 0 Å². The van der Waals surface area contributed by atoms with Gasteiger partial charge < -0.3 is 15.4 Å². The number of nitrogens with one attached hydrogen (secondary N) is 2. The molecule has 2 heterocycles. The van der Waals surface area contributed by atoms with Gasteiger partial charge in [-0.05, 0) is 35.2 Å². The molecule has 6 nitrogen and oxygen atoms in total. The molecule has 0 aromatic heterocycles. The molecule has 1 saturated heterocycles. The predicted molar refractivity (Wildman–Crippen MR) is 108 cm³/mol. The highest BCUT2D eigenvalue weighted by Gasteiger charge is 2.47. The molecule has 2 aliphatic rings. The van der Waals surface area contributed by atoms with E-state index in [4.69, 9.17) is 4.74 Å². The summed E-state index contributed by atoms with van der Waals surface area (Å²) in [6.07, 6.45) is -2.97. The van der Waals surface area contributed by atoms with E-state index in [1.807, 2.05) is 0 Å². The molecule has 2 aromatic carbocycles. The minimum absolute atomic E-state index is 0.201. The fourth-order valence-electron chi connectivity index (χ4n) is 4.06. The summed E-state index contributed by atoms with van der Waals surface area (Å²) in [5.41, 5.74) is 3.18. The molecule has 31 heavy (non-hydrogen) atoms. The predicted octanol–water partition coefficient (Wildman–Crippen LogP) is 3.23. The third-order valence-electron chi connectivity index (χ3n) is 5.51. The first-order valence-electron chi connectivity index (χ1n) is 9.98. The number of anilines is 1. The number of hydrogen-bond acceptors (Lipinski definition) is 4. The second-order valence-corrected chi connectivity index (χ2v) is 7.68. The van der Waals surface area contributed by atoms with Crippen LogP contribution in [-0.4, -0.2) is 43.7 Å². The highest BCUT2D eigenvalue weighted by atomic mass is 19.3. The number of benzene rings is 2. The summed E-state index contributed by atoms with van der Waals surface area (Å²) >= 11 is 0. The lowest BCUT2D eigenvalue weighted by atomic mass is 9.98. The fourth-order valence-corrected chi connectivity index (χ4v) is 4.06. The molecule has 0 aliphatic carbocycles. The molecule has 0 radical (unpaired) electrons. The van der Waals surface area contributed by atoms with Crippen molar-refractivity contribution in [1.29, 1.82) is 0 Å². The van der Waals surface area contributed by atoms with E-state index in [-0.39, 0.29) is 25.0 Å². The van der Waals surface area contributed by atoms with E-state index in [0.29, 0.717) is 29.8 Å². The molecule has 2 aliphatic heterocycles. The molecule has 4 rings (SSSR count). The minimum atomic E-state index is -2.41. The first-order valence-corrected chi connectivity index (χ1v) is 9.98. The standard InChI is InChI=1S/C22H22F3N3O3/c1-12(29)27-10-20-19-7-15-6-16(17(23)8-18(15)28(19)22(30)31-20)14-4-2-13(3-5-14)9-26-11-21(24)25/h2-6,8,19-21,26H,7,9-11H2,1H3,(H,27,29)/t19-,20-/m0/s1. The number of amides is 2. The first-order chi connectivity index (χ1) is 14.8. The van der Waals surface area contributed by atoms with Crippen molar-refractivity contribution in [2.75, 3.05) is 18.0 Å². The van der Waals surface area contributed by atoms with Crippen LogP contribution in [0, 0.1) is 5.82 Å². The van der Waals surface area contributed by atoms with Gasteiger partial charge in [-0.3, -0.25) is 9.69 Å². The van der Waals surface area contributed by atoms with Crippen LogP contribution in [0.4, 0.5) is 23.7 Å². The zero-order chi connectivity index (χ0) is 22.1. The maximum absolute atomic E-state index is 14.9. The molecule has 9 heteroatoms. The maximum Gasteiger partial charge on any atom is 0.415 e. The van der Waals surface area contributed by atoms with Crippen LogP contribution in [0.3, 0.4) is 0 Å². The molecular weight excluding hydrogens is 411 g/mol. The quantitative estimate of drug-likeness (QED) is 0.704. The average molecular weight is 433 g/mol. The Bertz CT molecular complexity index is 997. The zero-order valence-corrected chi connectivity index (χ0v) is 16.8. The number of rotatable bonds is 7. The van der Waals surface area contributed by atoms with Crippen LogP contribution < -0.4 is 15.5 Å². The van der Waals surface area contributed by atoms with Gasteiger partial charge in [0.25, 0.3) is 6.43 Å². The monoisotopic (exact) mass is 433 g/mol. The summed E-state index contributed by atoms with van der Waals surface area (Å²) in [7, 11) is 0. The van der Waals surface area contributed by atoms with Crippen molar-refractivity contribution in [3.8, 4) is 11.1 Å². The topological polar surface area (TPSA) is 70.7 Å². The van der Waals surface area contributed by atoms with Gasteiger partial charge in [-0.15, -0.1) is 0 Å². The van der Waals surface area contributed by atoms with Gasteiger partial charge in [-0.1, -0.05) is 24.3 Å². The lowest BCUT2D eigenvalue weighted by molar-refractivity contribution is -0.119. The Morgan fingerprint density at radius 3 is 2.68 bits per heavy atom. The normalized spacial score (nSPS) is 19.4. The lowest BCUT2D eigenvalue weighted by Gasteiger charge is -2.16. The van der Waals surface area contributed by atoms with Crippen molar-refractivity contribution in [2.45, 2.75) is 38.5 Å². The van der Waals surface area contributed by atoms with Crippen LogP contribution >= 0.6 is 0 Å². The highest BCUT2D eigenvalue weighted by Crippen LogP contribution is 2.41. The van der Waals surface area contributed by atoms with Crippen LogP contribution in [0.15, 0.2) is 36.4 Å². The van der Waals surface area contributed by atoms with Gasteiger partial charge in [-0.2, -0.15) is 0 Å². The molecule has 2 N–H and O–H groups in total. The van der Waals surface area contributed by atoms with Gasteiger partial charge in [0.15, 0.2) is 0 Å². The Morgan fingerprint density at radius 1 is 1.26 bits per heavy atom. The number of fused-ring (bicyclic) bond motifs is 3. The zero-order valence-electron chi connectivity index (χ0n) is 16.8. The number of ether oxygens (including phenoxy) is 1. The largest absolute Gasteiger partial charge is 0.442 e. The molecule has 0 spiro atoms. The molecule has 0 bridgehead atoms. The van der Waals surface area contributed by atoms with E-state index in [2.05, 4.69) is 10.6 Å². The summed E-state index contributed by atoms with van der Waals surface area (Å²) < 4.78 is 44.7. The number of carbonyl (C=O) groups excluding carboxylic acids is 2. The molecule has 164 valence electrons. The minimum Gasteiger partial charge on any atom is -0.442 e. The van der Waals surface area contributed by atoms with Crippen LogP contribution in [0.25, 0.3) is 11.1 Å². The fraction of sp³-hybridized carbons (Fsp3) is 0.364. The lowest BCUT2D eigenvalue weighted by Crippen LogP contribution is -2.40. The summed E-state index contributed by atoms with van der Waals surface area (Å²) in [4.78, 5) is 25.0. The number of alkyl halides is 2. The smallest absolute Gasteiger partial charge is 0.415 e. The van der Waals surface area contributed by atoms with Gasteiger partial charge in [0, 0.05) is 19.0 Å². The molecule has 0 saturated carbocycles. The van der Waals surface area contributed by atoms with Gasteiger partial charge in [0.05, 0.1) is 24.8 Å². The second-order valence-electron chi connectivity index (χ2n) is 7.68. The third-order valence-corrected chi connectivity index (χ3v) is 5.51. The van der Waals surface area contributed by atoms with E-state index in [1.165, 1.54) is 17.9 Å². The number of carbonyl (C=O) groups is 2. The van der Waals surface area contributed by atoms with Crippen molar-refractivity contribution in [1.82, 2.24) is 10.6 Å². The van der Waals surface area contributed by atoms with Crippen LogP contribution in [-0.2, 0) is 22.5 Å². The molecule has 1 fully saturated rings. The maximum atomic E-state index is 14.9. The number of nitrogens with zero attached hydrogens (tertiary/aromatic N) is 1. The van der Waals surface area contributed by atoms with E-state index in [1.54, 1.807) is 30.3 Å². The molecule has 2 aromatic rings. The van der Waals surface area contributed by atoms with E-state index >= 15 is 0 Å². The van der Waals surface area contributed by atoms with Gasteiger partial charge in [-0.25, -0.2) is 18.0 Å². The van der Waals surface area contributed by atoms with Crippen LogP contribution in [0.2, 0.25) is 0 Å².